The van der Waals surface area contributed by atoms with Crippen LogP contribution in [0.2, 0.25) is 0 Å². The van der Waals surface area contributed by atoms with Crippen LogP contribution in [0.4, 0.5) is 0 Å². The van der Waals surface area contributed by atoms with E-state index in [1.807, 2.05) is 54.9 Å². The Hall–Kier alpha value is -2.08. The molecule has 0 atom stereocenters. The highest BCUT2D eigenvalue weighted by Crippen LogP contribution is 2.21. The third kappa shape index (κ3) is 4.71. The van der Waals surface area contributed by atoms with Crippen molar-refractivity contribution >= 4 is 27.8 Å². The number of carbonyl (C=O) groups is 2. The van der Waals surface area contributed by atoms with Crippen molar-refractivity contribution in [1.29, 1.82) is 0 Å². The smallest absolute Gasteiger partial charge is 0.323 e. The van der Waals surface area contributed by atoms with Crippen LogP contribution in [0.5, 0.6) is 0 Å². The van der Waals surface area contributed by atoms with Crippen LogP contribution in [0.1, 0.15) is 35.9 Å². The second-order valence-electron chi connectivity index (χ2n) is 5.90. The van der Waals surface area contributed by atoms with Gasteiger partial charge in [0.25, 0.3) is 5.91 Å². The summed E-state index contributed by atoms with van der Waals surface area (Å²) in [6.45, 7) is 4.01. The lowest BCUT2D eigenvalue weighted by Crippen LogP contribution is -2.38. The molecule has 1 N–H and O–H groups in total. The largest absolute Gasteiger partial charge is 0.480 e. The van der Waals surface area contributed by atoms with E-state index in [1.54, 1.807) is 6.07 Å². The molecule has 2 rings (SSSR count). The van der Waals surface area contributed by atoms with E-state index in [-0.39, 0.29) is 18.5 Å². The molecule has 0 saturated heterocycles. The first-order valence-corrected chi connectivity index (χ1v) is 8.60. The van der Waals surface area contributed by atoms with E-state index in [1.165, 1.54) is 4.90 Å². The Bertz CT molecular complexity index is 710. The number of aliphatic carboxylic acids is 1. The van der Waals surface area contributed by atoms with Gasteiger partial charge in [0.1, 0.15) is 12.2 Å². The molecule has 24 heavy (non-hydrogen) atoms. The summed E-state index contributed by atoms with van der Waals surface area (Å²) in [6.07, 6.45) is 2.46. The molecule has 1 aromatic carbocycles. The zero-order valence-corrected chi connectivity index (χ0v) is 15.4. The van der Waals surface area contributed by atoms with Gasteiger partial charge in [-0.1, -0.05) is 30.3 Å². The van der Waals surface area contributed by atoms with Gasteiger partial charge >= 0.3 is 5.97 Å². The average molecular weight is 393 g/mol. The topological polar surface area (TPSA) is 62.5 Å². The van der Waals surface area contributed by atoms with E-state index in [4.69, 9.17) is 5.11 Å². The summed E-state index contributed by atoms with van der Waals surface area (Å²) in [5.74, 6) is -1.29. The molecule has 0 radical (unpaired) electrons. The summed E-state index contributed by atoms with van der Waals surface area (Å²) in [6, 6.07) is 11.6. The number of hydrogen-bond donors (Lipinski definition) is 1. The molecule has 0 aliphatic rings. The molecular weight excluding hydrogens is 372 g/mol. The highest BCUT2D eigenvalue weighted by molar-refractivity contribution is 9.10. The van der Waals surface area contributed by atoms with Gasteiger partial charge in [-0.25, -0.2) is 0 Å². The molecule has 6 heteroatoms. The van der Waals surface area contributed by atoms with Gasteiger partial charge in [0.2, 0.25) is 0 Å². The van der Waals surface area contributed by atoms with Crippen LogP contribution < -0.4 is 0 Å². The van der Waals surface area contributed by atoms with E-state index in [9.17, 15) is 9.59 Å². The maximum atomic E-state index is 12.9. The summed E-state index contributed by atoms with van der Waals surface area (Å²) in [7, 11) is 0. The van der Waals surface area contributed by atoms with Crippen molar-refractivity contribution in [1.82, 2.24) is 9.47 Å². The van der Waals surface area contributed by atoms with Gasteiger partial charge in [-0.15, -0.1) is 0 Å². The van der Waals surface area contributed by atoms with Gasteiger partial charge in [-0.3, -0.25) is 9.59 Å². The third-order valence-corrected chi connectivity index (χ3v) is 4.15. The first-order chi connectivity index (χ1) is 11.4. The van der Waals surface area contributed by atoms with Gasteiger partial charge < -0.3 is 14.6 Å². The first-order valence-electron chi connectivity index (χ1n) is 7.81. The molecule has 5 nitrogen and oxygen atoms in total. The van der Waals surface area contributed by atoms with Gasteiger partial charge in [0.05, 0.1) is 0 Å². The zero-order chi connectivity index (χ0) is 17.7. The molecule has 1 amide bonds. The minimum absolute atomic E-state index is 0.107. The Balaban J connectivity index is 2.20. The zero-order valence-electron chi connectivity index (χ0n) is 13.8. The molecule has 0 aliphatic heterocycles. The van der Waals surface area contributed by atoms with Crippen molar-refractivity contribution in [3.05, 3.63) is 58.3 Å². The second kappa shape index (κ2) is 8.15. The van der Waals surface area contributed by atoms with Gasteiger partial charge in [0, 0.05) is 23.3 Å². The quantitative estimate of drug-likeness (QED) is 0.782. The molecule has 0 unspecified atom stereocenters. The number of benzene rings is 1. The van der Waals surface area contributed by atoms with Crippen LogP contribution in [-0.4, -0.2) is 39.5 Å². The van der Waals surface area contributed by atoms with Crippen LogP contribution in [0.3, 0.4) is 0 Å². The Kier molecular flexibility index (Phi) is 6.20. The summed E-state index contributed by atoms with van der Waals surface area (Å²) in [4.78, 5) is 25.4. The predicted octanol–water partition coefficient (Wildman–Crippen LogP) is 3.60. The summed E-state index contributed by atoms with van der Waals surface area (Å²) in [5.41, 5.74) is 1.56. The Labute approximate surface area is 150 Å². The van der Waals surface area contributed by atoms with Crippen LogP contribution in [0, 0.1) is 0 Å². The molecule has 0 aliphatic carbocycles. The fraction of sp³-hybridized carbons (Fsp3) is 0.333. The molecule has 0 spiro atoms. The number of rotatable bonds is 7. The standard InChI is InChI=1S/C18H21BrN2O3/c1-13(2)21-11-15(19)10-16(21)18(24)20(12-17(22)23)9-8-14-6-4-3-5-7-14/h3-7,10-11,13H,8-9,12H2,1-2H3,(H,22,23). The SMILES string of the molecule is CC(C)n1cc(Br)cc1C(=O)N(CCc1ccccc1)CC(=O)O. The van der Waals surface area contributed by atoms with E-state index in [0.29, 0.717) is 18.7 Å². The fourth-order valence-electron chi connectivity index (χ4n) is 2.53. The number of halogens is 1. The molecule has 1 heterocycles. The fourth-order valence-corrected chi connectivity index (χ4v) is 2.97. The average Bonchev–Trinajstić information content (AvgIpc) is 2.93. The number of aromatic nitrogens is 1. The highest BCUT2D eigenvalue weighted by Gasteiger charge is 2.23. The van der Waals surface area contributed by atoms with Crippen LogP contribution in [0.15, 0.2) is 47.1 Å². The monoisotopic (exact) mass is 392 g/mol. The molecular formula is C18H21BrN2O3. The van der Waals surface area contributed by atoms with Gasteiger partial charge in [-0.05, 0) is 47.8 Å². The number of carbonyl (C=O) groups excluding carboxylic acids is 1. The van der Waals surface area contributed by atoms with Crippen molar-refractivity contribution in [3.63, 3.8) is 0 Å². The lowest BCUT2D eigenvalue weighted by atomic mass is 10.1. The van der Waals surface area contributed by atoms with Crippen molar-refractivity contribution in [2.24, 2.45) is 0 Å². The maximum Gasteiger partial charge on any atom is 0.323 e. The minimum atomic E-state index is -1.02. The van der Waals surface area contributed by atoms with Gasteiger partial charge in [0.15, 0.2) is 0 Å². The summed E-state index contributed by atoms with van der Waals surface area (Å²) < 4.78 is 2.65. The third-order valence-electron chi connectivity index (χ3n) is 3.72. The van der Waals surface area contributed by atoms with Crippen LogP contribution in [0.25, 0.3) is 0 Å². The van der Waals surface area contributed by atoms with E-state index < -0.39 is 5.97 Å². The van der Waals surface area contributed by atoms with E-state index in [2.05, 4.69) is 15.9 Å². The van der Waals surface area contributed by atoms with Gasteiger partial charge in [-0.2, -0.15) is 0 Å². The number of amides is 1. The number of carboxylic acids is 1. The highest BCUT2D eigenvalue weighted by atomic mass is 79.9. The number of carboxylic acid groups (broad SMARTS) is 1. The maximum absolute atomic E-state index is 12.9. The van der Waals surface area contributed by atoms with E-state index in [0.717, 1.165) is 10.0 Å². The van der Waals surface area contributed by atoms with Crippen molar-refractivity contribution in [2.45, 2.75) is 26.3 Å². The van der Waals surface area contributed by atoms with Crippen LogP contribution in [-0.2, 0) is 11.2 Å². The summed E-state index contributed by atoms with van der Waals surface area (Å²) >= 11 is 3.39. The lowest BCUT2D eigenvalue weighted by molar-refractivity contribution is -0.137. The first kappa shape index (κ1) is 18.3. The van der Waals surface area contributed by atoms with Crippen molar-refractivity contribution < 1.29 is 14.7 Å². The number of hydrogen-bond acceptors (Lipinski definition) is 2. The molecule has 0 bridgehead atoms. The van der Waals surface area contributed by atoms with E-state index >= 15 is 0 Å². The lowest BCUT2D eigenvalue weighted by Gasteiger charge is -2.22. The molecule has 0 saturated carbocycles. The molecule has 2 aromatic rings. The Morgan fingerprint density at radius 1 is 1.25 bits per heavy atom. The van der Waals surface area contributed by atoms with Crippen molar-refractivity contribution in [2.75, 3.05) is 13.1 Å². The Morgan fingerprint density at radius 2 is 1.92 bits per heavy atom. The minimum Gasteiger partial charge on any atom is -0.480 e. The number of nitrogens with zero attached hydrogens (tertiary/aromatic N) is 2. The normalized spacial score (nSPS) is 10.8. The molecule has 0 fully saturated rings. The molecule has 1 aromatic heterocycles. The Morgan fingerprint density at radius 3 is 2.50 bits per heavy atom. The predicted molar refractivity (Wildman–Crippen MR) is 96.2 cm³/mol. The van der Waals surface area contributed by atoms with Crippen molar-refractivity contribution in [3.8, 4) is 0 Å². The second-order valence-corrected chi connectivity index (χ2v) is 6.82. The summed E-state index contributed by atoms with van der Waals surface area (Å²) in [5, 5.41) is 9.15. The van der Waals surface area contributed by atoms with Crippen LogP contribution >= 0.6 is 15.9 Å². The molecule has 128 valence electrons.